The Bertz CT molecular complexity index is 495. The smallest absolute Gasteiger partial charge is 0.00131 e. The molecule has 0 aliphatic rings. The Hall–Kier alpha value is -0.700. The summed E-state index contributed by atoms with van der Waals surface area (Å²) in [5.74, 6) is 0. The van der Waals surface area contributed by atoms with Gasteiger partial charge in [-0.15, -0.1) is 0 Å². The molecule has 0 radical (unpaired) electrons. The van der Waals surface area contributed by atoms with Crippen LogP contribution in [0.1, 0.15) is 11.1 Å². The van der Waals surface area contributed by atoms with E-state index in [9.17, 15) is 0 Å². The van der Waals surface area contributed by atoms with Crippen molar-refractivity contribution in [1.82, 2.24) is 0 Å². The summed E-state index contributed by atoms with van der Waals surface area (Å²) in [5.41, 5.74) is 3.01. The molecule has 0 saturated heterocycles. The third kappa shape index (κ3) is 3.65. The van der Waals surface area contributed by atoms with Gasteiger partial charge in [-0.25, -0.2) is 0 Å². The third-order valence-electron chi connectivity index (χ3n) is 3.33. The molecule has 0 heterocycles. The average Bonchev–Trinajstić information content (AvgIpc) is 2.39. The number of benzene rings is 2. The van der Waals surface area contributed by atoms with Gasteiger partial charge in [0.2, 0.25) is 0 Å². The lowest BCUT2D eigenvalue weighted by Gasteiger charge is -2.16. The second-order valence-electron chi connectivity index (χ2n) is 5.22. The molecule has 0 saturated carbocycles. The second-order valence-corrected chi connectivity index (χ2v) is 9.76. The van der Waals surface area contributed by atoms with Gasteiger partial charge in [0, 0.05) is 0 Å². The number of hydrogen-bond acceptors (Lipinski definition) is 0. The van der Waals surface area contributed by atoms with Crippen molar-refractivity contribution in [2.45, 2.75) is 6.42 Å². The normalized spacial score (nSPS) is 11.3. The predicted molar refractivity (Wildman–Crippen MR) is 92.5 cm³/mol. The first-order chi connectivity index (χ1) is 9.09. The highest BCUT2D eigenvalue weighted by Gasteiger charge is 2.10. The molecule has 0 nitrogen and oxygen atoms in total. The summed E-state index contributed by atoms with van der Waals surface area (Å²) in [4.78, 5) is 0. The molecular formula is C17H22P2. The van der Waals surface area contributed by atoms with E-state index in [1.807, 2.05) is 0 Å². The minimum atomic E-state index is -0.0322. The van der Waals surface area contributed by atoms with Gasteiger partial charge in [0.05, 0.1) is 0 Å². The molecule has 2 rings (SSSR count). The van der Waals surface area contributed by atoms with Gasteiger partial charge in [0.15, 0.2) is 0 Å². The second kappa shape index (κ2) is 6.65. The van der Waals surface area contributed by atoms with Crippen LogP contribution >= 0.6 is 15.8 Å². The molecule has 0 unspecified atom stereocenters. The first kappa shape index (κ1) is 14.7. The minimum Gasteiger partial charge on any atom is -0.0814 e. The van der Waals surface area contributed by atoms with Crippen LogP contribution in [-0.2, 0) is 6.42 Å². The maximum absolute atomic E-state index is 2.34. The van der Waals surface area contributed by atoms with E-state index in [0.29, 0.717) is 0 Å². The van der Waals surface area contributed by atoms with Gasteiger partial charge in [-0.2, -0.15) is 0 Å². The van der Waals surface area contributed by atoms with Crippen molar-refractivity contribution < 1.29 is 0 Å². The van der Waals surface area contributed by atoms with Crippen molar-refractivity contribution in [3.63, 3.8) is 0 Å². The van der Waals surface area contributed by atoms with E-state index >= 15 is 0 Å². The van der Waals surface area contributed by atoms with Crippen molar-refractivity contribution in [2.24, 2.45) is 0 Å². The van der Waals surface area contributed by atoms with Crippen LogP contribution in [0.5, 0.6) is 0 Å². The Labute approximate surface area is 119 Å². The highest BCUT2D eigenvalue weighted by atomic mass is 31.1. The standard InChI is InChI=1S/C17H22P2/c1-18(2)16-11-7-5-9-14(16)13-15-10-6-8-12-17(15)19(3)4/h5-12H,13H2,1-4H3. The highest BCUT2D eigenvalue weighted by molar-refractivity contribution is 7.64. The van der Waals surface area contributed by atoms with Gasteiger partial charge in [0.25, 0.3) is 0 Å². The van der Waals surface area contributed by atoms with Crippen LogP contribution in [0.4, 0.5) is 0 Å². The van der Waals surface area contributed by atoms with Crippen molar-refractivity contribution in [2.75, 3.05) is 26.7 Å². The maximum atomic E-state index is 2.34. The molecule has 0 bridgehead atoms. The van der Waals surface area contributed by atoms with E-state index in [0.717, 1.165) is 6.42 Å². The largest absolute Gasteiger partial charge is 0.0814 e. The van der Waals surface area contributed by atoms with E-state index in [-0.39, 0.29) is 15.8 Å². The van der Waals surface area contributed by atoms with Gasteiger partial charge in [0.1, 0.15) is 0 Å². The molecule has 0 amide bonds. The van der Waals surface area contributed by atoms with Gasteiger partial charge >= 0.3 is 0 Å². The molecule has 0 N–H and O–H groups in total. The summed E-state index contributed by atoms with van der Waals surface area (Å²) in [6.45, 7) is 9.36. The van der Waals surface area contributed by atoms with Crippen molar-refractivity contribution in [3.8, 4) is 0 Å². The molecule has 0 atom stereocenters. The Kier molecular flexibility index (Phi) is 5.14. The Morgan fingerprint density at radius 3 is 1.37 bits per heavy atom. The zero-order chi connectivity index (χ0) is 13.8. The predicted octanol–water partition coefficient (Wildman–Crippen LogP) is 4.01. The van der Waals surface area contributed by atoms with E-state index < -0.39 is 0 Å². The molecule has 100 valence electrons. The van der Waals surface area contributed by atoms with Gasteiger partial charge in [-0.1, -0.05) is 64.4 Å². The van der Waals surface area contributed by atoms with Crippen LogP contribution in [0.3, 0.4) is 0 Å². The zero-order valence-corrected chi connectivity index (χ0v) is 14.0. The van der Waals surface area contributed by atoms with E-state index in [1.54, 1.807) is 10.6 Å². The lowest BCUT2D eigenvalue weighted by Crippen LogP contribution is -2.13. The van der Waals surface area contributed by atoms with E-state index in [2.05, 4.69) is 75.2 Å². The van der Waals surface area contributed by atoms with E-state index in [1.165, 1.54) is 11.1 Å². The van der Waals surface area contributed by atoms with Crippen LogP contribution in [-0.4, -0.2) is 26.7 Å². The van der Waals surface area contributed by atoms with Crippen molar-refractivity contribution in [1.29, 1.82) is 0 Å². The molecule has 0 aliphatic heterocycles. The molecule has 0 spiro atoms. The van der Waals surface area contributed by atoms with E-state index in [4.69, 9.17) is 0 Å². The summed E-state index contributed by atoms with van der Waals surface area (Å²) in [5, 5.41) is 3.09. The van der Waals surface area contributed by atoms with Gasteiger partial charge in [-0.3, -0.25) is 0 Å². The Balaban J connectivity index is 2.37. The van der Waals surface area contributed by atoms with Crippen LogP contribution in [0.15, 0.2) is 48.5 Å². The van der Waals surface area contributed by atoms with Crippen molar-refractivity contribution >= 4 is 26.5 Å². The fraction of sp³-hybridized carbons (Fsp3) is 0.294. The fourth-order valence-corrected chi connectivity index (χ4v) is 4.62. The summed E-state index contributed by atoms with van der Waals surface area (Å²) in [6.07, 6.45) is 1.08. The SMILES string of the molecule is CP(C)c1ccccc1Cc1ccccc1P(C)C. The summed E-state index contributed by atoms with van der Waals surface area (Å²) in [7, 11) is -0.0645. The molecule has 0 fully saturated rings. The van der Waals surface area contributed by atoms with Crippen LogP contribution in [0, 0.1) is 0 Å². The van der Waals surface area contributed by atoms with Crippen LogP contribution in [0.25, 0.3) is 0 Å². The Morgan fingerprint density at radius 1 is 0.632 bits per heavy atom. The first-order valence-corrected chi connectivity index (χ1v) is 11.1. The summed E-state index contributed by atoms with van der Waals surface area (Å²) < 4.78 is 0. The molecular weight excluding hydrogens is 266 g/mol. The number of hydrogen-bond donors (Lipinski definition) is 0. The molecule has 19 heavy (non-hydrogen) atoms. The topological polar surface area (TPSA) is 0 Å². The lowest BCUT2D eigenvalue weighted by atomic mass is 10.1. The minimum absolute atomic E-state index is 0.0322. The third-order valence-corrected chi connectivity index (χ3v) is 6.13. The molecule has 2 aromatic carbocycles. The van der Waals surface area contributed by atoms with Crippen LogP contribution in [0.2, 0.25) is 0 Å². The molecule has 0 aliphatic carbocycles. The quantitative estimate of drug-likeness (QED) is 0.746. The lowest BCUT2D eigenvalue weighted by molar-refractivity contribution is 1.22. The molecule has 2 aromatic rings. The zero-order valence-electron chi connectivity index (χ0n) is 12.2. The summed E-state index contributed by atoms with van der Waals surface area (Å²) >= 11 is 0. The first-order valence-electron chi connectivity index (χ1n) is 6.60. The molecule has 2 heteroatoms. The van der Waals surface area contributed by atoms with Gasteiger partial charge < -0.3 is 0 Å². The Morgan fingerprint density at radius 2 is 1.00 bits per heavy atom. The van der Waals surface area contributed by atoms with Crippen LogP contribution < -0.4 is 10.6 Å². The number of rotatable bonds is 4. The average molecular weight is 288 g/mol. The fourth-order valence-electron chi connectivity index (χ4n) is 2.40. The molecule has 0 aromatic heterocycles. The van der Waals surface area contributed by atoms with Gasteiger partial charge in [-0.05, 0) is 54.8 Å². The highest BCUT2D eigenvalue weighted by Crippen LogP contribution is 2.29. The monoisotopic (exact) mass is 288 g/mol. The van der Waals surface area contributed by atoms with Crippen molar-refractivity contribution in [3.05, 3.63) is 59.7 Å². The summed E-state index contributed by atoms with van der Waals surface area (Å²) in [6, 6.07) is 17.8. The maximum Gasteiger partial charge on any atom is -0.00131 e.